The van der Waals surface area contributed by atoms with Crippen LogP contribution in [0.2, 0.25) is 9.36 Å². The summed E-state index contributed by atoms with van der Waals surface area (Å²) in [5.41, 5.74) is 3.97. The zero-order valence-corrected chi connectivity index (χ0v) is 21.2. The summed E-state index contributed by atoms with van der Waals surface area (Å²) in [4.78, 5) is 15.7. The number of aromatic nitrogens is 1. The molecule has 0 bridgehead atoms. The van der Waals surface area contributed by atoms with E-state index in [0.717, 1.165) is 33.4 Å². The monoisotopic (exact) mass is 540 g/mol. The summed E-state index contributed by atoms with van der Waals surface area (Å²) in [5, 5.41) is 3.46. The molecule has 2 aromatic heterocycles. The fourth-order valence-corrected chi connectivity index (χ4v) is 6.80. The second kappa shape index (κ2) is 9.51. The first kappa shape index (κ1) is 23.6. The van der Waals surface area contributed by atoms with Crippen molar-refractivity contribution < 1.29 is 13.2 Å². The lowest BCUT2D eigenvalue weighted by Gasteiger charge is -2.06. The fraction of sp³-hybridized carbons (Fsp3) is 0.0385. The van der Waals surface area contributed by atoms with E-state index in [0.29, 0.717) is 6.42 Å². The van der Waals surface area contributed by atoms with Gasteiger partial charge < -0.3 is 4.98 Å². The average Bonchev–Trinajstić information content (AvgIpc) is 3.41. The van der Waals surface area contributed by atoms with Crippen LogP contribution >= 0.6 is 34.5 Å². The number of H-pyrrole nitrogens is 1. The number of carbonyl (C=O) groups is 1. The molecule has 0 unspecified atom stereocenters. The van der Waals surface area contributed by atoms with Crippen LogP contribution in [0.4, 0.5) is 0 Å². The van der Waals surface area contributed by atoms with Crippen LogP contribution in [-0.2, 0) is 21.2 Å². The molecule has 0 atom stereocenters. The number of amides is 1. The molecule has 0 saturated heterocycles. The number of nitrogens with one attached hydrogen (secondary N) is 2. The highest BCUT2D eigenvalue weighted by atomic mass is 35.5. The molecule has 0 aliphatic heterocycles. The number of halogens is 2. The second-order valence-electron chi connectivity index (χ2n) is 7.93. The molecule has 1 amide bonds. The highest BCUT2D eigenvalue weighted by Gasteiger charge is 2.21. The number of aromatic amines is 1. The third-order valence-corrected chi connectivity index (χ3v) is 9.25. The van der Waals surface area contributed by atoms with Gasteiger partial charge in [0.15, 0.2) is 0 Å². The lowest BCUT2D eigenvalue weighted by atomic mass is 9.98. The molecule has 5 nitrogen and oxygen atoms in total. The highest BCUT2D eigenvalue weighted by Crippen LogP contribution is 2.34. The van der Waals surface area contributed by atoms with Gasteiger partial charge in [-0.05, 0) is 52.1 Å². The van der Waals surface area contributed by atoms with E-state index in [1.54, 1.807) is 6.08 Å². The van der Waals surface area contributed by atoms with Gasteiger partial charge in [-0.2, -0.15) is 0 Å². The number of hydrogen-bond acceptors (Lipinski definition) is 4. The Morgan fingerprint density at radius 2 is 1.80 bits per heavy atom. The van der Waals surface area contributed by atoms with Crippen LogP contribution in [0.3, 0.4) is 0 Å². The zero-order valence-electron chi connectivity index (χ0n) is 18.1. The topological polar surface area (TPSA) is 79.0 Å². The van der Waals surface area contributed by atoms with Crippen molar-refractivity contribution in [3.63, 3.8) is 0 Å². The third kappa shape index (κ3) is 4.99. The lowest BCUT2D eigenvalue weighted by Crippen LogP contribution is -2.28. The van der Waals surface area contributed by atoms with Crippen LogP contribution in [0.1, 0.15) is 16.7 Å². The van der Waals surface area contributed by atoms with Crippen molar-refractivity contribution in [3.05, 3.63) is 105 Å². The molecule has 2 heterocycles. The summed E-state index contributed by atoms with van der Waals surface area (Å²) in [6.45, 7) is 0. The molecule has 5 aromatic rings. The lowest BCUT2D eigenvalue weighted by molar-refractivity contribution is -0.114. The Labute approximate surface area is 216 Å². The van der Waals surface area contributed by atoms with Gasteiger partial charge in [0.25, 0.3) is 15.9 Å². The van der Waals surface area contributed by atoms with E-state index in [-0.39, 0.29) is 13.6 Å². The van der Waals surface area contributed by atoms with Gasteiger partial charge in [-0.1, -0.05) is 77.8 Å². The van der Waals surface area contributed by atoms with E-state index in [9.17, 15) is 13.2 Å². The molecule has 0 spiro atoms. The molecule has 0 saturated carbocycles. The van der Waals surface area contributed by atoms with Crippen LogP contribution in [0, 0.1) is 0 Å². The van der Waals surface area contributed by atoms with E-state index < -0.39 is 15.9 Å². The van der Waals surface area contributed by atoms with Gasteiger partial charge in [0.1, 0.15) is 8.55 Å². The molecule has 0 aliphatic carbocycles. The Balaban J connectivity index is 1.40. The Morgan fingerprint density at radius 1 is 1.00 bits per heavy atom. The molecule has 0 fully saturated rings. The number of thiophene rings is 1. The minimum Gasteiger partial charge on any atom is -0.361 e. The summed E-state index contributed by atoms with van der Waals surface area (Å²) in [6, 6.07) is 21.6. The fourth-order valence-electron chi connectivity index (χ4n) is 3.97. The third-order valence-electron chi connectivity index (χ3n) is 5.56. The summed E-state index contributed by atoms with van der Waals surface area (Å²) in [7, 11) is -4.07. The van der Waals surface area contributed by atoms with Gasteiger partial charge in [0.05, 0.1) is 5.02 Å². The average molecular weight is 541 g/mol. The maximum absolute atomic E-state index is 12.5. The van der Waals surface area contributed by atoms with Crippen LogP contribution in [0.25, 0.3) is 27.8 Å². The van der Waals surface area contributed by atoms with E-state index in [1.807, 2.05) is 41.3 Å². The van der Waals surface area contributed by atoms with Crippen LogP contribution in [-0.4, -0.2) is 19.3 Å². The predicted octanol–water partition coefficient (Wildman–Crippen LogP) is 6.80. The molecular weight excluding hydrogens is 523 g/mol. The summed E-state index contributed by atoms with van der Waals surface area (Å²) >= 11 is 12.5. The second-order valence-corrected chi connectivity index (χ2v) is 11.9. The smallest absolute Gasteiger partial charge is 0.273 e. The molecule has 0 aliphatic rings. The first-order valence-corrected chi connectivity index (χ1v) is 13.6. The molecule has 9 heteroatoms. The zero-order chi connectivity index (χ0) is 24.6. The van der Waals surface area contributed by atoms with Crippen LogP contribution in [0.5, 0.6) is 0 Å². The SMILES string of the molecule is O=C(/C=C/c1cccc2[nH]cc(Cc3ccc4ccccc4c3)c12)NS(=O)(=O)c1cc(Cl)c(Cl)s1. The largest absolute Gasteiger partial charge is 0.361 e. The highest BCUT2D eigenvalue weighted by molar-refractivity contribution is 7.92. The Bertz CT molecular complexity index is 1700. The number of hydrogen-bond donors (Lipinski definition) is 2. The van der Waals surface area contributed by atoms with Crippen molar-refractivity contribution in [2.45, 2.75) is 10.6 Å². The van der Waals surface area contributed by atoms with Crippen molar-refractivity contribution >= 4 is 78.2 Å². The molecule has 35 heavy (non-hydrogen) atoms. The normalized spacial score (nSPS) is 12.1. The van der Waals surface area contributed by atoms with Crippen molar-refractivity contribution in [1.82, 2.24) is 9.71 Å². The van der Waals surface area contributed by atoms with Crippen LogP contribution < -0.4 is 4.72 Å². The Morgan fingerprint density at radius 3 is 2.57 bits per heavy atom. The molecule has 5 rings (SSSR count). The first-order chi connectivity index (χ1) is 16.8. The van der Waals surface area contributed by atoms with E-state index in [2.05, 4.69) is 35.3 Å². The standard InChI is InChI=1S/C26H18Cl2N2O3S2/c27-21-14-24(34-26(21)28)35(32,33)30-23(31)11-10-18-6-3-7-22-25(18)20(15-29-22)13-16-8-9-17-4-1-2-5-19(17)12-16/h1-12,14-15,29H,13H2,(H,30,31)/b11-10+. The summed E-state index contributed by atoms with van der Waals surface area (Å²) in [5.74, 6) is -0.769. The van der Waals surface area contributed by atoms with Gasteiger partial charge in [-0.3, -0.25) is 4.79 Å². The van der Waals surface area contributed by atoms with Gasteiger partial charge >= 0.3 is 0 Å². The van der Waals surface area contributed by atoms with Gasteiger partial charge in [-0.15, -0.1) is 11.3 Å². The number of rotatable bonds is 6. The molecule has 0 radical (unpaired) electrons. The minimum absolute atomic E-state index is 0.123. The van der Waals surface area contributed by atoms with Crippen molar-refractivity contribution in [1.29, 1.82) is 0 Å². The summed E-state index contributed by atoms with van der Waals surface area (Å²) in [6.07, 6.45) is 5.48. The molecule has 176 valence electrons. The Kier molecular flexibility index (Phi) is 6.42. The Hall–Kier alpha value is -3.10. The first-order valence-electron chi connectivity index (χ1n) is 10.6. The number of fused-ring (bicyclic) bond motifs is 2. The summed E-state index contributed by atoms with van der Waals surface area (Å²) < 4.78 is 27.0. The minimum atomic E-state index is -4.07. The quantitative estimate of drug-likeness (QED) is 0.232. The van der Waals surface area contributed by atoms with Crippen molar-refractivity contribution in [3.8, 4) is 0 Å². The van der Waals surface area contributed by atoms with Gasteiger partial charge in [0, 0.05) is 23.2 Å². The van der Waals surface area contributed by atoms with E-state index >= 15 is 0 Å². The maximum Gasteiger partial charge on any atom is 0.273 e. The van der Waals surface area contributed by atoms with Gasteiger partial charge in [0.2, 0.25) is 0 Å². The molecule has 2 N–H and O–H groups in total. The maximum atomic E-state index is 12.5. The number of benzene rings is 3. The van der Waals surface area contributed by atoms with Crippen molar-refractivity contribution in [2.24, 2.45) is 0 Å². The van der Waals surface area contributed by atoms with Gasteiger partial charge in [-0.25, -0.2) is 13.1 Å². The molecular formula is C26H18Cl2N2O3S2. The number of carbonyl (C=O) groups excluding carboxylic acids is 1. The predicted molar refractivity (Wildman–Crippen MR) is 144 cm³/mol. The molecule has 3 aromatic carbocycles. The number of sulfonamides is 1. The van der Waals surface area contributed by atoms with E-state index in [4.69, 9.17) is 23.2 Å². The van der Waals surface area contributed by atoms with Crippen LogP contribution in [0.15, 0.2) is 83.2 Å². The van der Waals surface area contributed by atoms with E-state index in [1.165, 1.54) is 28.5 Å². The van der Waals surface area contributed by atoms with Crippen molar-refractivity contribution in [2.75, 3.05) is 0 Å².